The molecule has 12 heavy (non-hydrogen) atoms. The van der Waals surface area contributed by atoms with Gasteiger partial charge in [-0.2, -0.15) is 0 Å². The molecule has 0 bridgehead atoms. The molecule has 0 aliphatic rings. The van der Waals surface area contributed by atoms with Crippen molar-refractivity contribution in [3.8, 4) is 0 Å². The lowest BCUT2D eigenvalue weighted by Gasteiger charge is -2.05. The molecule has 70 valence electrons. The first-order chi connectivity index (χ1) is 5.66. The van der Waals surface area contributed by atoms with Gasteiger partial charge in [0.1, 0.15) is 0 Å². The number of hydrogen-bond donors (Lipinski definition) is 1. The molecular formula is C11H21N. The molecule has 0 heterocycles. The van der Waals surface area contributed by atoms with Crippen LogP contribution in [0.1, 0.15) is 40.0 Å². The van der Waals surface area contributed by atoms with E-state index in [1.807, 2.05) is 0 Å². The van der Waals surface area contributed by atoms with Gasteiger partial charge in [0, 0.05) is 0 Å². The van der Waals surface area contributed by atoms with Crippen LogP contribution in [0.25, 0.3) is 0 Å². The van der Waals surface area contributed by atoms with Crippen LogP contribution in [-0.4, -0.2) is 6.54 Å². The monoisotopic (exact) mass is 167 g/mol. The summed E-state index contributed by atoms with van der Waals surface area (Å²) < 4.78 is 0. The summed E-state index contributed by atoms with van der Waals surface area (Å²) in [6.07, 6.45) is 5.63. The molecule has 0 radical (unpaired) electrons. The Morgan fingerprint density at radius 1 is 1.42 bits per heavy atom. The second-order valence-corrected chi connectivity index (χ2v) is 3.61. The lowest BCUT2D eigenvalue weighted by atomic mass is 10.0. The van der Waals surface area contributed by atoms with Crippen molar-refractivity contribution in [2.24, 2.45) is 11.7 Å². The van der Waals surface area contributed by atoms with Crippen LogP contribution in [0.4, 0.5) is 0 Å². The fraction of sp³-hybridized carbons (Fsp3) is 0.727. The van der Waals surface area contributed by atoms with E-state index in [0.29, 0.717) is 0 Å². The minimum atomic E-state index is 0.755. The van der Waals surface area contributed by atoms with Crippen molar-refractivity contribution in [1.29, 1.82) is 0 Å². The lowest BCUT2D eigenvalue weighted by Crippen LogP contribution is -2.05. The molecule has 0 saturated heterocycles. The minimum absolute atomic E-state index is 0.755. The summed E-state index contributed by atoms with van der Waals surface area (Å²) in [4.78, 5) is 0. The van der Waals surface area contributed by atoms with Crippen molar-refractivity contribution in [1.82, 2.24) is 0 Å². The fourth-order valence-electron chi connectivity index (χ4n) is 1.07. The van der Waals surface area contributed by atoms with Crippen molar-refractivity contribution in [3.05, 3.63) is 17.4 Å². The molecule has 0 fully saturated rings. The zero-order valence-corrected chi connectivity index (χ0v) is 8.56. The first-order valence-corrected chi connectivity index (χ1v) is 4.75. The van der Waals surface area contributed by atoms with E-state index >= 15 is 0 Å². The van der Waals surface area contributed by atoms with Crippen molar-refractivity contribution in [2.75, 3.05) is 6.54 Å². The number of nitrogens with two attached hydrogens (primary N) is 1. The third-order valence-corrected chi connectivity index (χ3v) is 1.85. The SMILES string of the molecule is CC(C)=C=CCCC(C)CCN. The Hall–Kier alpha value is -0.520. The van der Waals surface area contributed by atoms with E-state index in [1.165, 1.54) is 12.0 Å². The molecule has 0 spiro atoms. The molecule has 1 unspecified atom stereocenters. The van der Waals surface area contributed by atoms with Gasteiger partial charge in [0.2, 0.25) is 0 Å². The number of hydrogen-bond acceptors (Lipinski definition) is 1. The molecule has 0 aliphatic heterocycles. The summed E-state index contributed by atoms with van der Waals surface area (Å²) in [7, 11) is 0. The standard InChI is InChI=1S/C11H21N/c1-10(2)6-4-5-7-11(3)8-9-12/h4,11H,5,7-9,12H2,1-3H3. The summed E-state index contributed by atoms with van der Waals surface area (Å²) in [5.74, 6) is 0.755. The minimum Gasteiger partial charge on any atom is -0.330 e. The molecule has 0 aliphatic carbocycles. The van der Waals surface area contributed by atoms with E-state index in [4.69, 9.17) is 5.73 Å². The van der Waals surface area contributed by atoms with Gasteiger partial charge in [0.25, 0.3) is 0 Å². The molecule has 1 heteroatoms. The van der Waals surface area contributed by atoms with Crippen molar-refractivity contribution in [2.45, 2.75) is 40.0 Å². The van der Waals surface area contributed by atoms with Crippen LogP contribution in [0.15, 0.2) is 17.4 Å². The molecule has 0 aromatic carbocycles. The smallest absolute Gasteiger partial charge is 0.00747 e. The van der Waals surface area contributed by atoms with E-state index in [9.17, 15) is 0 Å². The highest BCUT2D eigenvalue weighted by molar-refractivity contribution is 4.93. The topological polar surface area (TPSA) is 26.0 Å². The van der Waals surface area contributed by atoms with Crippen LogP contribution in [0.2, 0.25) is 0 Å². The predicted molar refractivity (Wildman–Crippen MR) is 55.0 cm³/mol. The van der Waals surface area contributed by atoms with E-state index in [2.05, 4.69) is 32.6 Å². The first kappa shape index (κ1) is 11.5. The lowest BCUT2D eigenvalue weighted by molar-refractivity contribution is 0.504. The summed E-state index contributed by atoms with van der Waals surface area (Å²) in [5, 5.41) is 0. The molecule has 0 aromatic heterocycles. The van der Waals surface area contributed by atoms with Crippen LogP contribution in [0.3, 0.4) is 0 Å². The molecule has 1 atom stereocenters. The Morgan fingerprint density at radius 3 is 2.58 bits per heavy atom. The van der Waals surface area contributed by atoms with Crippen LogP contribution >= 0.6 is 0 Å². The summed E-state index contributed by atoms with van der Waals surface area (Å²) >= 11 is 0. The average molecular weight is 167 g/mol. The third-order valence-electron chi connectivity index (χ3n) is 1.85. The quantitative estimate of drug-likeness (QED) is 0.626. The molecule has 0 saturated carbocycles. The Kier molecular flexibility index (Phi) is 6.84. The Balaban J connectivity index is 3.49. The molecule has 1 nitrogen and oxygen atoms in total. The maximum absolute atomic E-state index is 5.45. The van der Waals surface area contributed by atoms with Gasteiger partial charge in [-0.25, -0.2) is 0 Å². The van der Waals surface area contributed by atoms with E-state index < -0.39 is 0 Å². The normalized spacial score (nSPS) is 12.0. The summed E-state index contributed by atoms with van der Waals surface area (Å²) in [5.41, 5.74) is 9.91. The van der Waals surface area contributed by atoms with Crippen LogP contribution in [0, 0.1) is 5.92 Å². The highest BCUT2D eigenvalue weighted by atomic mass is 14.5. The van der Waals surface area contributed by atoms with Crippen LogP contribution in [0.5, 0.6) is 0 Å². The van der Waals surface area contributed by atoms with Gasteiger partial charge in [0.05, 0.1) is 0 Å². The Labute approximate surface area is 76.3 Å². The predicted octanol–water partition coefficient (Wildman–Crippen LogP) is 2.87. The third kappa shape index (κ3) is 7.59. The highest BCUT2D eigenvalue weighted by Crippen LogP contribution is 2.08. The fourth-order valence-corrected chi connectivity index (χ4v) is 1.07. The Morgan fingerprint density at radius 2 is 2.08 bits per heavy atom. The van der Waals surface area contributed by atoms with Gasteiger partial charge in [-0.05, 0) is 57.2 Å². The zero-order chi connectivity index (χ0) is 9.40. The summed E-state index contributed by atoms with van der Waals surface area (Å²) in [6.45, 7) is 7.20. The molecule has 0 amide bonds. The van der Waals surface area contributed by atoms with Crippen LogP contribution < -0.4 is 5.73 Å². The van der Waals surface area contributed by atoms with Crippen molar-refractivity contribution in [3.63, 3.8) is 0 Å². The largest absolute Gasteiger partial charge is 0.330 e. The van der Waals surface area contributed by atoms with E-state index in [0.717, 1.165) is 25.3 Å². The molecular weight excluding hydrogens is 146 g/mol. The van der Waals surface area contributed by atoms with Gasteiger partial charge >= 0.3 is 0 Å². The Bertz CT molecular complexity index is 160. The maximum atomic E-state index is 5.45. The number of rotatable bonds is 5. The maximum Gasteiger partial charge on any atom is -0.00747 e. The molecule has 0 aromatic rings. The van der Waals surface area contributed by atoms with Gasteiger partial charge in [0.15, 0.2) is 0 Å². The number of allylic oxidation sites excluding steroid dienone is 1. The summed E-state index contributed by atoms with van der Waals surface area (Å²) in [6, 6.07) is 0. The van der Waals surface area contributed by atoms with E-state index in [1.54, 1.807) is 0 Å². The van der Waals surface area contributed by atoms with Crippen molar-refractivity contribution < 1.29 is 0 Å². The molecule has 0 rings (SSSR count). The van der Waals surface area contributed by atoms with Gasteiger partial charge < -0.3 is 5.73 Å². The molecule has 2 N–H and O–H groups in total. The van der Waals surface area contributed by atoms with Crippen molar-refractivity contribution >= 4 is 0 Å². The zero-order valence-electron chi connectivity index (χ0n) is 8.56. The van der Waals surface area contributed by atoms with Gasteiger partial charge in [-0.15, -0.1) is 5.73 Å². The highest BCUT2D eigenvalue weighted by Gasteiger charge is 1.97. The second-order valence-electron chi connectivity index (χ2n) is 3.61. The first-order valence-electron chi connectivity index (χ1n) is 4.75. The average Bonchev–Trinajstić information content (AvgIpc) is 1.98. The van der Waals surface area contributed by atoms with E-state index in [-0.39, 0.29) is 0 Å². The van der Waals surface area contributed by atoms with Gasteiger partial charge in [-0.3, -0.25) is 0 Å². The van der Waals surface area contributed by atoms with Gasteiger partial charge in [-0.1, -0.05) is 6.92 Å². The van der Waals surface area contributed by atoms with Crippen LogP contribution in [-0.2, 0) is 0 Å². The second kappa shape index (κ2) is 7.15.